The first-order valence-corrected chi connectivity index (χ1v) is 5.77. The highest BCUT2D eigenvalue weighted by Gasteiger charge is 2.15. The van der Waals surface area contributed by atoms with Crippen molar-refractivity contribution in [1.82, 2.24) is 20.1 Å². The Bertz CT molecular complexity index is 502. The molecule has 1 aromatic rings. The van der Waals surface area contributed by atoms with Crippen molar-refractivity contribution in [3.05, 3.63) is 35.6 Å². The molecule has 0 aromatic carbocycles. The van der Waals surface area contributed by atoms with Gasteiger partial charge >= 0.3 is 5.97 Å². The van der Waals surface area contributed by atoms with E-state index in [-0.39, 0.29) is 5.82 Å². The molecule has 6 nitrogen and oxygen atoms in total. The van der Waals surface area contributed by atoms with Gasteiger partial charge in [0.2, 0.25) is 5.82 Å². The second kappa shape index (κ2) is 5.48. The Balaban J connectivity index is 2.11. The summed E-state index contributed by atoms with van der Waals surface area (Å²) in [5, 5.41) is 7.18. The van der Waals surface area contributed by atoms with E-state index in [2.05, 4.69) is 26.2 Å². The number of nitrogens with one attached hydrogen (secondary N) is 1. The van der Waals surface area contributed by atoms with E-state index in [1.807, 2.05) is 13.1 Å². The fraction of sp³-hybridized carbons (Fsp3) is 0.417. The van der Waals surface area contributed by atoms with Gasteiger partial charge in [0.05, 0.1) is 13.7 Å². The monoisotopic (exact) mass is 248 g/mol. The van der Waals surface area contributed by atoms with Crippen LogP contribution in [0, 0.1) is 0 Å². The van der Waals surface area contributed by atoms with Gasteiger partial charge in [0.15, 0.2) is 0 Å². The van der Waals surface area contributed by atoms with E-state index in [4.69, 9.17) is 0 Å². The largest absolute Gasteiger partial charge is 0.463 e. The number of methoxy groups -OCH3 is 1. The lowest BCUT2D eigenvalue weighted by Crippen LogP contribution is -2.16. The summed E-state index contributed by atoms with van der Waals surface area (Å²) in [6, 6.07) is 0. The first-order chi connectivity index (χ1) is 8.74. The van der Waals surface area contributed by atoms with Crippen molar-refractivity contribution in [2.24, 2.45) is 0 Å². The fourth-order valence-corrected chi connectivity index (χ4v) is 1.84. The zero-order valence-corrected chi connectivity index (χ0v) is 10.5. The van der Waals surface area contributed by atoms with Crippen molar-refractivity contribution >= 4 is 5.97 Å². The minimum Gasteiger partial charge on any atom is -0.463 e. The van der Waals surface area contributed by atoms with Crippen molar-refractivity contribution < 1.29 is 9.53 Å². The molecule has 6 heteroatoms. The number of rotatable bonds is 4. The van der Waals surface area contributed by atoms with Crippen LogP contribution in [0.4, 0.5) is 0 Å². The summed E-state index contributed by atoms with van der Waals surface area (Å²) in [5.41, 5.74) is 2.43. The molecule has 1 aliphatic rings. The van der Waals surface area contributed by atoms with Crippen LogP contribution in [0.3, 0.4) is 0 Å². The number of carbonyl (C=O) groups is 1. The first kappa shape index (κ1) is 12.3. The lowest BCUT2D eigenvalue weighted by molar-refractivity contribution is 0.0580. The van der Waals surface area contributed by atoms with Crippen LogP contribution in [0.15, 0.2) is 29.7 Å². The lowest BCUT2D eigenvalue weighted by atomic mass is 10.0. The Morgan fingerprint density at radius 2 is 2.33 bits per heavy atom. The number of hydrogen-bond donors (Lipinski definition) is 1. The zero-order chi connectivity index (χ0) is 13.0. The Kier molecular flexibility index (Phi) is 3.76. The molecule has 0 saturated carbocycles. The highest BCUT2D eigenvalue weighted by molar-refractivity contribution is 5.85. The standard InChI is InChI=1S/C12H16N4O2/c1-13-10-5-3-9(4-6-10)7-16-11(12(17)18-2)14-8-15-16/h3,5,8,13H,4,6-7H2,1-2H3. The minimum atomic E-state index is -0.463. The highest BCUT2D eigenvalue weighted by Crippen LogP contribution is 2.18. The molecule has 0 radical (unpaired) electrons. The van der Waals surface area contributed by atoms with Crippen molar-refractivity contribution in [3.8, 4) is 0 Å². The second-order valence-electron chi connectivity index (χ2n) is 4.00. The van der Waals surface area contributed by atoms with E-state index in [1.165, 1.54) is 24.7 Å². The summed E-state index contributed by atoms with van der Waals surface area (Å²) in [7, 11) is 3.25. The van der Waals surface area contributed by atoms with E-state index < -0.39 is 5.97 Å². The molecule has 0 atom stereocenters. The van der Waals surface area contributed by atoms with Gasteiger partial charge in [-0.1, -0.05) is 6.08 Å². The third kappa shape index (κ3) is 2.58. The Hall–Kier alpha value is -2.11. The molecule has 1 heterocycles. The van der Waals surface area contributed by atoms with Crippen LogP contribution in [-0.2, 0) is 11.3 Å². The van der Waals surface area contributed by atoms with Crippen LogP contribution in [-0.4, -0.2) is 34.9 Å². The van der Waals surface area contributed by atoms with E-state index in [0.29, 0.717) is 6.54 Å². The number of allylic oxidation sites excluding steroid dienone is 4. The Morgan fingerprint density at radius 3 is 2.94 bits per heavy atom. The number of esters is 1. The average molecular weight is 248 g/mol. The molecule has 0 unspecified atom stereocenters. The predicted molar refractivity (Wildman–Crippen MR) is 65.8 cm³/mol. The molecule has 96 valence electrons. The lowest BCUT2D eigenvalue weighted by Gasteiger charge is -2.14. The van der Waals surface area contributed by atoms with Crippen LogP contribution >= 0.6 is 0 Å². The first-order valence-electron chi connectivity index (χ1n) is 5.77. The summed E-state index contributed by atoms with van der Waals surface area (Å²) < 4.78 is 6.22. The van der Waals surface area contributed by atoms with Gasteiger partial charge in [-0.2, -0.15) is 5.10 Å². The average Bonchev–Trinajstić information content (AvgIpc) is 2.87. The molecule has 18 heavy (non-hydrogen) atoms. The summed E-state index contributed by atoms with van der Waals surface area (Å²) in [4.78, 5) is 15.4. The van der Waals surface area contributed by atoms with Crippen molar-refractivity contribution in [3.63, 3.8) is 0 Å². The van der Waals surface area contributed by atoms with E-state index in [9.17, 15) is 4.79 Å². The number of ether oxygens (including phenoxy) is 1. The number of carbonyl (C=O) groups excluding carboxylic acids is 1. The summed E-state index contributed by atoms with van der Waals surface area (Å²) >= 11 is 0. The maximum atomic E-state index is 11.4. The third-order valence-corrected chi connectivity index (χ3v) is 2.89. The van der Waals surface area contributed by atoms with Gasteiger partial charge in [0, 0.05) is 12.7 Å². The minimum absolute atomic E-state index is 0.238. The molecule has 0 fully saturated rings. The van der Waals surface area contributed by atoms with Gasteiger partial charge in [-0.15, -0.1) is 0 Å². The number of hydrogen-bond acceptors (Lipinski definition) is 5. The van der Waals surface area contributed by atoms with Gasteiger partial charge in [-0.25, -0.2) is 14.5 Å². The van der Waals surface area contributed by atoms with Gasteiger partial charge in [-0.3, -0.25) is 0 Å². The molecular formula is C12H16N4O2. The van der Waals surface area contributed by atoms with Crippen LogP contribution in [0.25, 0.3) is 0 Å². The topological polar surface area (TPSA) is 69.0 Å². The van der Waals surface area contributed by atoms with E-state index in [0.717, 1.165) is 12.8 Å². The molecule has 1 N–H and O–H groups in total. The van der Waals surface area contributed by atoms with E-state index >= 15 is 0 Å². The van der Waals surface area contributed by atoms with Crippen molar-refractivity contribution in [1.29, 1.82) is 0 Å². The van der Waals surface area contributed by atoms with Gasteiger partial charge in [-0.05, 0) is 24.5 Å². The van der Waals surface area contributed by atoms with Crippen molar-refractivity contribution in [2.45, 2.75) is 19.4 Å². The Labute approximate surface area is 105 Å². The second-order valence-corrected chi connectivity index (χ2v) is 4.00. The maximum absolute atomic E-state index is 11.4. The van der Waals surface area contributed by atoms with Crippen LogP contribution in [0.5, 0.6) is 0 Å². The van der Waals surface area contributed by atoms with Crippen LogP contribution < -0.4 is 5.32 Å². The Morgan fingerprint density at radius 1 is 1.50 bits per heavy atom. The predicted octanol–water partition coefficient (Wildman–Crippen LogP) is 0.888. The molecule has 0 saturated heterocycles. The fourth-order valence-electron chi connectivity index (χ4n) is 1.84. The van der Waals surface area contributed by atoms with Gasteiger partial charge in [0.25, 0.3) is 0 Å². The van der Waals surface area contributed by atoms with Crippen molar-refractivity contribution in [2.75, 3.05) is 14.2 Å². The molecule has 1 aromatic heterocycles. The molecular weight excluding hydrogens is 232 g/mol. The third-order valence-electron chi connectivity index (χ3n) is 2.89. The molecule has 0 amide bonds. The summed E-state index contributed by atoms with van der Waals surface area (Å²) in [6.45, 7) is 0.567. The number of aromatic nitrogens is 3. The molecule has 1 aliphatic carbocycles. The molecule has 2 rings (SSSR count). The van der Waals surface area contributed by atoms with Crippen LogP contribution in [0.1, 0.15) is 23.5 Å². The molecule has 0 aliphatic heterocycles. The quantitative estimate of drug-likeness (QED) is 0.801. The van der Waals surface area contributed by atoms with Gasteiger partial charge in [0.1, 0.15) is 6.33 Å². The summed E-state index contributed by atoms with van der Waals surface area (Å²) in [5.74, 6) is -0.225. The summed E-state index contributed by atoms with van der Waals surface area (Å²) in [6.07, 6.45) is 7.40. The van der Waals surface area contributed by atoms with E-state index in [1.54, 1.807) is 4.68 Å². The number of nitrogens with zero attached hydrogens (tertiary/aromatic N) is 3. The smallest absolute Gasteiger partial charge is 0.375 e. The maximum Gasteiger partial charge on any atom is 0.375 e. The highest BCUT2D eigenvalue weighted by atomic mass is 16.5. The zero-order valence-electron chi connectivity index (χ0n) is 10.5. The SMILES string of the molecule is CNC1=CC=C(Cn2ncnc2C(=O)OC)CC1. The molecule has 0 bridgehead atoms. The van der Waals surface area contributed by atoms with Gasteiger partial charge < -0.3 is 10.1 Å². The normalized spacial score (nSPS) is 14.8. The van der Waals surface area contributed by atoms with Crippen LogP contribution in [0.2, 0.25) is 0 Å². The molecule has 0 spiro atoms.